The van der Waals surface area contributed by atoms with E-state index in [1.54, 1.807) is 6.07 Å². The molecule has 0 saturated heterocycles. The summed E-state index contributed by atoms with van der Waals surface area (Å²) in [6, 6.07) is 12.8. The molecule has 4 nitrogen and oxygen atoms in total. The van der Waals surface area contributed by atoms with Crippen molar-refractivity contribution in [2.45, 2.75) is 13.3 Å². The number of nitrogens with zero attached hydrogens (tertiary/aromatic N) is 2. The summed E-state index contributed by atoms with van der Waals surface area (Å²) < 4.78 is 5.23. The fourth-order valence-electron chi connectivity index (χ4n) is 2.09. The van der Waals surface area contributed by atoms with Crippen LogP contribution < -0.4 is 0 Å². The minimum absolute atomic E-state index is 0.124. The Morgan fingerprint density at radius 1 is 1.19 bits per heavy atom. The summed E-state index contributed by atoms with van der Waals surface area (Å²) in [7, 11) is 0. The van der Waals surface area contributed by atoms with Crippen molar-refractivity contribution in [1.29, 1.82) is 0 Å². The lowest BCUT2D eigenvalue weighted by molar-refractivity contribution is 0.418. The first-order valence-corrected chi connectivity index (χ1v) is 6.86. The molecule has 5 heteroatoms. The van der Waals surface area contributed by atoms with Gasteiger partial charge in [0.2, 0.25) is 0 Å². The minimum Gasteiger partial charge on any atom is -0.507 e. The second kappa shape index (κ2) is 5.58. The Bertz CT molecular complexity index is 783. The zero-order valence-electron chi connectivity index (χ0n) is 11.4. The topological polar surface area (TPSA) is 59.2 Å². The van der Waals surface area contributed by atoms with E-state index in [4.69, 9.17) is 16.1 Å². The fraction of sp³-hybridized carbons (Fsp3) is 0.125. The largest absolute Gasteiger partial charge is 0.507 e. The highest BCUT2D eigenvalue weighted by molar-refractivity contribution is 6.30. The summed E-state index contributed by atoms with van der Waals surface area (Å²) in [5.74, 6) is 0.986. The molecule has 2 aromatic carbocycles. The average Bonchev–Trinajstić information content (AvgIpc) is 2.90. The molecule has 1 heterocycles. The molecule has 0 aliphatic carbocycles. The Kier molecular flexibility index (Phi) is 3.62. The number of aromatic nitrogens is 2. The number of rotatable bonds is 3. The molecular formula is C16H13ClN2O2. The van der Waals surface area contributed by atoms with Gasteiger partial charge in [-0.05, 0) is 36.8 Å². The smallest absolute Gasteiger partial charge is 0.261 e. The molecule has 1 N–H and O–H groups in total. The second-order valence-electron chi connectivity index (χ2n) is 4.84. The van der Waals surface area contributed by atoms with Gasteiger partial charge < -0.3 is 9.63 Å². The average molecular weight is 301 g/mol. The molecule has 106 valence electrons. The van der Waals surface area contributed by atoms with Crippen LogP contribution >= 0.6 is 11.6 Å². The fourth-order valence-corrected chi connectivity index (χ4v) is 2.30. The van der Waals surface area contributed by atoms with Crippen LogP contribution in [0.5, 0.6) is 5.75 Å². The second-order valence-corrected chi connectivity index (χ2v) is 5.28. The minimum atomic E-state index is 0.124. The quantitative estimate of drug-likeness (QED) is 0.794. The van der Waals surface area contributed by atoms with Crippen LogP contribution in [-0.4, -0.2) is 15.2 Å². The van der Waals surface area contributed by atoms with Gasteiger partial charge in [-0.25, -0.2) is 0 Å². The molecule has 3 aromatic rings. The highest BCUT2D eigenvalue weighted by Gasteiger charge is 2.13. The highest BCUT2D eigenvalue weighted by atomic mass is 35.5. The van der Waals surface area contributed by atoms with Gasteiger partial charge in [0.05, 0.1) is 5.56 Å². The van der Waals surface area contributed by atoms with Crippen LogP contribution in [0.2, 0.25) is 5.02 Å². The number of aromatic hydroxyl groups is 1. The third kappa shape index (κ3) is 3.06. The predicted octanol–water partition coefficient (Wildman–Crippen LogP) is 3.99. The first kappa shape index (κ1) is 13.6. The van der Waals surface area contributed by atoms with Gasteiger partial charge in [-0.15, -0.1) is 0 Å². The van der Waals surface area contributed by atoms with Gasteiger partial charge in [-0.2, -0.15) is 4.98 Å². The van der Waals surface area contributed by atoms with Crippen LogP contribution in [-0.2, 0) is 6.42 Å². The molecule has 1 aromatic heterocycles. The van der Waals surface area contributed by atoms with Crippen molar-refractivity contribution >= 4 is 11.6 Å². The maximum atomic E-state index is 9.88. The Balaban J connectivity index is 1.88. The van der Waals surface area contributed by atoms with E-state index in [1.807, 2.05) is 43.3 Å². The SMILES string of the molecule is Cc1ccc(O)c(-c2nc(Cc3cccc(Cl)c3)no2)c1. The molecule has 0 radical (unpaired) electrons. The van der Waals surface area contributed by atoms with Crippen molar-refractivity contribution < 1.29 is 9.63 Å². The van der Waals surface area contributed by atoms with Gasteiger partial charge in [-0.1, -0.05) is 40.5 Å². The van der Waals surface area contributed by atoms with Gasteiger partial charge in [0, 0.05) is 11.4 Å². The molecule has 0 fully saturated rings. The lowest BCUT2D eigenvalue weighted by Crippen LogP contribution is -1.90. The zero-order chi connectivity index (χ0) is 14.8. The Labute approximate surface area is 127 Å². The molecule has 3 rings (SSSR count). The summed E-state index contributed by atoms with van der Waals surface area (Å²) >= 11 is 5.95. The van der Waals surface area contributed by atoms with E-state index in [0.717, 1.165) is 11.1 Å². The van der Waals surface area contributed by atoms with Crippen LogP contribution in [0.15, 0.2) is 47.0 Å². The van der Waals surface area contributed by atoms with Crippen molar-refractivity contribution in [3.63, 3.8) is 0 Å². The summed E-state index contributed by atoms with van der Waals surface area (Å²) in [6.07, 6.45) is 0.524. The number of hydrogen-bond acceptors (Lipinski definition) is 4. The summed E-state index contributed by atoms with van der Waals surface area (Å²) in [5, 5.41) is 14.5. The summed E-state index contributed by atoms with van der Waals surface area (Å²) in [6.45, 7) is 1.94. The first-order chi connectivity index (χ1) is 10.1. The first-order valence-electron chi connectivity index (χ1n) is 6.49. The van der Waals surface area contributed by atoms with Gasteiger partial charge in [-0.3, -0.25) is 0 Å². The third-order valence-electron chi connectivity index (χ3n) is 3.10. The van der Waals surface area contributed by atoms with Crippen LogP contribution in [0.4, 0.5) is 0 Å². The van der Waals surface area contributed by atoms with Crippen LogP contribution in [0.3, 0.4) is 0 Å². The van der Waals surface area contributed by atoms with Gasteiger partial charge in [0.25, 0.3) is 5.89 Å². The van der Waals surface area contributed by atoms with Crippen LogP contribution in [0.1, 0.15) is 17.0 Å². The molecule has 0 atom stereocenters. The Morgan fingerprint density at radius 3 is 2.86 bits per heavy atom. The van der Waals surface area contributed by atoms with E-state index in [9.17, 15) is 5.11 Å². The third-order valence-corrected chi connectivity index (χ3v) is 3.34. The summed E-state index contributed by atoms with van der Waals surface area (Å²) in [4.78, 5) is 4.33. The van der Waals surface area contributed by atoms with Crippen LogP contribution in [0, 0.1) is 6.92 Å². The van der Waals surface area contributed by atoms with Crippen molar-refractivity contribution in [3.05, 3.63) is 64.4 Å². The van der Waals surface area contributed by atoms with E-state index < -0.39 is 0 Å². The van der Waals surface area contributed by atoms with Crippen molar-refractivity contribution in [2.24, 2.45) is 0 Å². The van der Waals surface area contributed by atoms with E-state index in [-0.39, 0.29) is 5.75 Å². The molecular weight excluding hydrogens is 288 g/mol. The maximum Gasteiger partial charge on any atom is 0.261 e. The molecule has 0 bridgehead atoms. The standard InChI is InChI=1S/C16H13ClN2O2/c1-10-5-6-14(20)13(7-10)16-18-15(19-21-16)9-11-3-2-4-12(17)8-11/h2-8,20H,9H2,1H3. The van der Waals surface area contributed by atoms with Crippen molar-refractivity contribution in [1.82, 2.24) is 10.1 Å². The van der Waals surface area contributed by atoms with Gasteiger partial charge >= 0.3 is 0 Å². The number of phenolic OH excluding ortho intramolecular Hbond substituents is 1. The van der Waals surface area contributed by atoms with Gasteiger partial charge in [0.15, 0.2) is 5.82 Å². The van der Waals surface area contributed by atoms with E-state index in [0.29, 0.717) is 28.7 Å². The lowest BCUT2D eigenvalue weighted by atomic mass is 10.1. The van der Waals surface area contributed by atoms with Crippen LogP contribution in [0.25, 0.3) is 11.5 Å². The molecule has 0 unspecified atom stereocenters. The number of hydrogen-bond donors (Lipinski definition) is 1. The van der Waals surface area contributed by atoms with E-state index in [1.165, 1.54) is 0 Å². The Hall–Kier alpha value is -2.33. The van der Waals surface area contributed by atoms with E-state index in [2.05, 4.69) is 10.1 Å². The predicted molar refractivity (Wildman–Crippen MR) is 80.4 cm³/mol. The number of aryl methyl sites for hydroxylation is 1. The monoisotopic (exact) mass is 300 g/mol. The molecule has 0 spiro atoms. The zero-order valence-corrected chi connectivity index (χ0v) is 12.1. The van der Waals surface area contributed by atoms with Crippen molar-refractivity contribution in [2.75, 3.05) is 0 Å². The lowest BCUT2D eigenvalue weighted by Gasteiger charge is -2.00. The molecule has 0 saturated carbocycles. The maximum absolute atomic E-state index is 9.88. The van der Waals surface area contributed by atoms with Crippen molar-refractivity contribution in [3.8, 4) is 17.2 Å². The highest BCUT2D eigenvalue weighted by Crippen LogP contribution is 2.28. The summed E-state index contributed by atoms with van der Waals surface area (Å²) in [5.41, 5.74) is 2.56. The Morgan fingerprint density at radius 2 is 2.05 bits per heavy atom. The molecule has 21 heavy (non-hydrogen) atoms. The molecule has 0 aliphatic heterocycles. The number of phenols is 1. The normalized spacial score (nSPS) is 10.8. The number of halogens is 1. The van der Waals surface area contributed by atoms with E-state index >= 15 is 0 Å². The molecule has 0 amide bonds. The molecule has 0 aliphatic rings. The van der Waals surface area contributed by atoms with Gasteiger partial charge in [0.1, 0.15) is 5.75 Å². The number of benzene rings is 2.